The van der Waals surface area contributed by atoms with Crippen molar-refractivity contribution in [2.75, 3.05) is 5.32 Å². The maximum Gasteiger partial charge on any atom is 0.0460 e. The van der Waals surface area contributed by atoms with Gasteiger partial charge in [0.25, 0.3) is 0 Å². The first-order valence-corrected chi connectivity index (χ1v) is 10.1. The minimum Gasteiger partial charge on any atom is -0.355 e. The van der Waals surface area contributed by atoms with Gasteiger partial charge in [0.15, 0.2) is 0 Å². The van der Waals surface area contributed by atoms with Crippen molar-refractivity contribution in [3.63, 3.8) is 0 Å². The lowest BCUT2D eigenvalue weighted by Crippen LogP contribution is -2.15. The highest BCUT2D eigenvalue weighted by Crippen LogP contribution is 2.49. The van der Waals surface area contributed by atoms with E-state index in [1.165, 1.54) is 39.1 Å². The number of hydrogen-bond acceptors (Lipinski definition) is 1. The molecular formula is C27H25N. The van der Waals surface area contributed by atoms with Crippen molar-refractivity contribution in [3.05, 3.63) is 102 Å². The van der Waals surface area contributed by atoms with Gasteiger partial charge in [0.1, 0.15) is 0 Å². The lowest BCUT2D eigenvalue weighted by atomic mass is 9.82. The molecule has 5 rings (SSSR count). The molecule has 0 radical (unpaired) electrons. The molecule has 0 heterocycles. The molecule has 138 valence electrons. The Labute approximate surface area is 167 Å². The van der Waals surface area contributed by atoms with Gasteiger partial charge in [0.2, 0.25) is 0 Å². The van der Waals surface area contributed by atoms with Crippen LogP contribution in [0.1, 0.15) is 43.4 Å². The van der Waals surface area contributed by atoms with Crippen LogP contribution in [0.25, 0.3) is 16.7 Å². The van der Waals surface area contributed by atoms with Crippen molar-refractivity contribution in [2.24, 2.45) is 0 Å². The highest BCUT2D eigenvalue weighted by atomic mass is 14.9. The second-order valence-electron chi connectivity index (χ2n) is 8.26. The molecule has 0 aliphatic heterocycles. The molecule has 0 unspecified atom stereocenters. The second kappa shape index (κ2) is 6.53. The van der Waals surface area contributed by atoms with Crippen LogP contribution >= 0.6 is 0 Å². The average Bonchev–Trinajstić information content (AvgIpc) is 2.96. The molecule has 0 fully saturated rings. The van der Waals surface area contributed by atoms with Crippen molar-refractivity contribution < 1.29 is 0 Å². The Balaban J connectivity index is 1.54. The third-order valence-electron chi connectivity index (χ3n) is 6.15. The smallest absolute Gasteiger partial charge is 0.0460 e. The van der Waals surface area contributed by atoms with Gasteiger partial charge >= 0.3 is 0 Å². The first-order chi connectivity index (χ1) is 13.6. The molecule has 0 aromatic heterocycles. The quantitative estimate of drug-likeness (QED) is 0.509. The summed E-state index contributed by atoms with van der Waals surface area (Å²) in [6.07, 6.45) is 8.87. The predicted molar refractivity (Wildman–Crippen MR) is 120 cm³/mol. The fourth-order valence-electron chi connectivity index (χ4n) is 4.64. The normalized spacial score (nSPS) is 16.3. The first kappa shape index (κ1) is 17.1. The summed E-state index contributed by atoms with van der Waals surface area (Å²) < 4.78 is 0. The van der Waals surface area contributed by atoms with E-state index < -0.39 is 0 Å². The molecule has 1 N–H and O–H groups in total. The fourth-order valence-corrected chi connectivity index (χ4v) is 4.64. The highest BCUT2D eigenvalue weighted by Gasteiger charge is 2.35. The van der Waals surface area contributed by atoms with Crippen molar-refractivity contribution in [2.45, 2.75) is 32.1 Å². The maximum absolute atomic E-state index is 3.70. The van der Waals surface area contributed by atoms with E-state index in [-0.39, 0.29) is 5.41 Å². The summed E-state index contributed by atoms with van der Waals surface area (Å²) in [5.41, 5.74) is 10.6. The Morgan fingerprint density at radius 1 is 0.786 bits per heavy atom. The topological polar surface area (TPSA) is 12.0 Å². The SMILES string of the molecule is CC1(C)c2ccccc2-c2ccc(Nc3ccccc3C3=CC=CCC3)cc21. The molecule has 0 atom stereocenters. The molecule has 3 aromatic carbocycles. The molecule has 28 heavy (non-hydrogen) atoms. The molecule has 0 bridgehead atoms. The van der Waals surface area contributed by atoms with Gasteiger partial charge in [-0.3, -0.25) is 0 Å². The summed E-state index contributed by atoms with van der Waals surface area (Å²) in [4.78, 5) is 0. The molecule has 2 aliphatic rings. The first-order valence-electron chi connectivity index (χ1n) is 10.1. The Bertz CT molecular complexity index is 1110. The van der Waals surface area contributed by atoms with Crippen molar-refractivity contribution >= 4 is 16.9 Å². The molecule has 1 heteroatoms. The molecule has 0 saturated heterocycles. The van der Waals surface area contributed by atoms with Crippen LogP contribution in [-0.4, -0.2) is 0 Å². The standard InChI is InChI=1S/C27H25N/c1-27(2)24-14-8-6-13-22(24)23-17-16-20(18-25(23)27)28-26-15-9-7-12-21(26)19-10-4-3-5-11-19/h3-4,6-10,12-18,28H,5,11H2,1-2H3. The monoisotopic (exact) mass is 363 g/mol. The van der Waals surface area contributed by atoms with Gasteiger partial charge in [-0.2, -0.15) is 0 Å². The fraction of sp³-hybridized carbons (Fsp3) is 0.185. The van der Waals surface area contributed by atoms with Crippen LogP contribution in [-0.2, 0) is 5.41 Å². The van der Waals surface area contributed by atoms with Crippen molar-refractivity contribution in [1.82, 2.24) is 0 Å². The molecule has 1 nitrogen and oxygen atoms in total. The van der Waals surface area contributed by atoms with E-state index in [4.69, 9.17) is 0 Å². The van der Waals surface area contributed by atoms with Crippen LogP contribution in [0.2, 0.25) is 0 Å². The Kier molecular flexibility index (Phi) is 3.98. The number of anilines is 2. The van der Waals surface area contributed by atoms with Crippen LogP contribution in [0, 0.1) is 0 Å². The van der Waals surface area contributed by atoms with Gasteiger partial charge in [-0.1, -0.05) is 80.6 Å². The molecule has 3 aromatic rings. The number of fused-ring (bicyclic) bond motifs is 3. The molecule has 2 aliphatic carbocycles. The van der Waals surface area contributed by atoms with Gasteiger partial charge < -0.3 is 5.32 Å². The van der Waals surface area contributed by atoms with Gasteiger partial charge in [-0.15, -0.1) is 0 Å². The van der Waals surface area contributed by atoms with Gasteiger partial charge in [0.05, 0.1) is 0 Å². The third-order valence-corrected chi connectivity index (χ3v) is 6.15. The lowest BCUT2D eigenvalue weighted by molar-refractivity contribution is 0.660. The van der Waals surface area contributed by atoms with Crippen molar-refractivity contribution in [3.8, 4) is 11.1 Å². The zero-order valence-corrected chi connectivity index (χ0v) is 16.5. The number of nitrogens with one attached hydrogen (secondary N) is 1. The van der Waals surface area contributed by atoms with Gasteiger partial charge in [0, 0.05) is 22.4 Å². The number of benzene rings is 3. The minimum atomic E-state index is 0.0276. The number of rotatable bonds is 3. The summed E-state index contributed by atoms with van der Waals surface area (Å²) in [6.45, 7) is 4.66. The van der Waals surface area contributed by atoms with Gasteiger partial charge in [-0.05, 0) is 58.9 Å². The average molecular weight is 364 g/mol. The van der Waals surface area contributed by atoms with Crippen LogP contribution in [0.3, 0.4) is 0 Å². The Hall–Kier alpha value is -3.06. The largest absolute Gasteiger partial charge is 0.355 e. The van der Waals surface area contributed by atoms with E-state index in [1.54, 1.807) is 0 Å². The summed E-state index contributed by atoms with van der Waals surface area (Å²) >= 11 is 0. The zero-order valence-electron chi connectivity index (χ0n) is 16.5. The number of hydrogen-bond donors (Lipinski definition) is 1. The van der Waals surface area contributed by atoms with Crippen LogP contribution < -0.4 is 5.32 Å². The summed E-state index contributed by atoms with van der Waals surface area (Å²) in [7, 11) is 0. The van der Waals surface area contributed by atoms with E-state index in [0.29, 0.717) is 0 Å². The predicted octanol–water partition coefficient (Wildman–Crippen LogP) is 7.47. The van der Waals surface area contributed by atoms with E-state index in [9.17, 15) is 0 Å². The summed E-state index contributed by atoms with van der Waals surface area (Å²) in [6, 6.07) is 24.3. The van der Waals surface area contributed by atoms with E-state index in [2.05, 4.69) is 104 Å². The molecule has 0 saturated carbocycles. The van der Waals surface area contributed by atoms with Crippen LogP contribution in [0.15, 0.2) is 85.0 Å². The van der Waals surface area contributed by atoms with Crippen LogP contribution in [0.5, 0.6) is 0 Å². The summed E-state index contributed by atoms with van der Waals surface area (Å²) in [5.74, 6) is 0. The van der Waals surface area contributed by atoms with E-state index >= 15 is 0 Å². The van der Waals surface area contributed by atoms with E-state index in [0.717, 1.165) is 18.5 Å². The van der Waals surface area contributed by atoms with Crippen molar-refractivity contribution in [1.29, 1.82) is 0 Å². The Morgan fingerprint density at radius 3 is 2.36 bits per heavy atom. The third kappa shape index (κ3) is 2.70. The summed E-state index contributed by atoms with van der Waals surface area (Å²) in [5, 5.41) is 3.70. The maximum atomic E-state index is 3.70. The molecule has 0 amide bonds. The minimum absolute atomic E-state index is 0.0276. The van der Waals surface area contributed by atoms with Crippen LogP contribution in [0.4, 0.5) is 11.4 Å². The molecular weight excluding hydrogens is 338 g/mol. The van der Waals surface area contributed by atoms with Gasteiger partial charge in [-0.25, -0.2) is 0 Å². The number of allylic oxidation sites excluding steroid dienone is 4. The number of para-hydroxylation sites is 1. The lowest BCUT2D eigenvalue weighted by Gasteiger charge is -2.22. The second-order valence-corrected chi connectivity index (χ2v) is 8.26. The Morgan fingerprint density at radius 2 is 1.54 bits per heavy atom. The zero-order chi connectivity index (χ0) is 19.1. The van der Waals surface area contributed by atoms with E-state index in [1.807, 2.05) is 0 Å². The highest BCUT2D eigenvalue weighted by molar-refractivity contribution is 5.84. The molecule has 0 spiro atoms.